The van der Waals surface area contributed by atoms with Gasteiger partial charge in [-0.15, -0.1) is 0 Å². The monoisotopic (exact) mass is 326 g/mol. The Morgan fingerprint density at radius 2 is 1.71 bits per heavy atom. The molecule has 1 aromatic carbocycles. The van der Waals surface area contributed by atoms with Gasteiger partial charge in [0.1, 0.15) is 5.69 Å². The van der Waals surface area contributed by atoms with Crippen LogP contribution in [0, 0.1) is 5.92 Å². The van der Waals surface area contributed by atoms with Gasteiger partial charge in [0.2, 0.25) is 5.91 Å². The fourth-order valence-electron chi connectivity index (χ4n) is 2.03. The highest BCUT2D eigenvalue weighted by molar-refractivity contribution is 5.93. The van der Waals surface area contributed by atoms with Crippen molar-refractivity contribution < 1.29 is 9.59 Å². The maximum atomic E-state index is 12.1. The van der Waals surface area contributed by atoms with Crippen LogP contribution in [0.4, 0.5) is 17.1 Å². The Kier molecular flexibility index (Phi) is 5.89. The van der Waals surface area contributed by atoms with Gasteiger partial charge in [-0.2, -0.15) is 0 Å². The van der Waals surface area contributed by atoms with Crippen LogP contribution in [0.2, 0.25) is 0 Å². The zero-order valence-corrected chi connectivity index (χ0v) is 14.1. The third-order valence-electron chi connectivity index (χ3n) is 3.16. The van der Waals surface area contributed by atoms with Crippen molar-refractivity contribution >= 4 is 28.9 Å². The fraction of sp³-hybridized carbons (Fsp3) is 0.278. The topological polar surface area (TPSA) is 83.1 Å². The first-order chi connectivity index (χ1) is 11.4. The average molecular weight is 326 g/mol. The summed E-state index contributed by atoms with van der Waals surface area (Å²) in [6.07, 6.45) is 1.60. The number of nitrogens with one attached hydrogen (secondary N) is 3. The molecule has 0 aliphatic rings. The quantitative estimate of drug-likeness (QED) is 0.761. The van der Waals surface area contributed by atoms with E-state index in [1.54, 1.807) is 30.5 Å². The van der Waals surface area contributed by atoms with Crippen molar-refractivity contribution in [1.82, 2.24) is 10.3 Å². The van der Waals surface area contributed by atoms with E-state index in [-0.39, 0.29) is 11.8 Å². The number of anilines is 3. The van der Waals surface area contributed by atoms with Gasteiger partial charge < -0.3 is 16.0 Å². The zero-order chi connectivity index (χ0) is 17.5. The largest absolute Gasteiger partial charge is 0.355 e. The molecule has 126 valence electrons. The predicted molar refractivity (Wildman–Crippen MR) is 95.4 cm³/mol. The Morgan fingerprint density at radius 1 is 1.04 bits per heavy atom. The Hall–Kier alpha value is -2.89. The van der Waals surface area contributed by atoms with Crippen LogP contribution in [0.3, 0.4) is 0 Å². The molecule has 24 heavy (non-hydrogen) atoms. The summed E-state index contributed by atoms with van der Waals surface area (Å²) in [6, 6.07) is 10.8. The second-order valence-corrected chi connectivity index (χ2v) is 5.92. The first-order valence-corrected chi connectivity index (χ1v) is 7.83. The van der Waals surface area contributed by atoms with Gasteiger partial charge in [0, 0.05) is 36.7 Å². The van der Waals surface area contributed by atoms with Gasteiger partial charge in [-0.1, -0.05) is 13.8 Å². The van der Waals surface area contributed by atoms with Crippen LogP contribution in [0.5, 0.6) is 0 Å². The second-order valence-electron chi connectivity index (χ2n) is 5.92. The molecule has 2 aromatic rings. The standard InChI is InChI=1S/C18H22N4O2/c1-12(2)11-20-18(24)17-10-16(8-9-19-17)22-15-6-4-14(5-7-15)21-13(3)23/h4-10,12H,11H2,1-3H3,(H,19,22)(H,20,24)(H,21,23). The van der Waals surface area contributed by atoms with E-state index in [1.807, 2.05) is 26.0 Å². The number of carbonyl (C=O) groups is 2. The molecule has 0 fully saturated rings. The van der Waals surface area contributed by atoms with Gasteiger partial charge in [0.05, 0.1) is 0 Å². The molecule has 0 saturated carbocycles. The minimum absolute atomic E-state index is 0.109. The SMILES string of the molecule is CC(=O)Nc1ccc(Nc2ccnc(C(=O)NCC(C)C)c2)cc1. The number of aromatic nitrogens is 1. The average Bonchev–Trinajstić information content (AvgIpc) is 2.54. The van der Waals surface area contributed by atoms with Gasteiger partial charge in [-0.05, 0) is 42.3 Å². The van der Waals surface area contributed by atoms with E-state index >= 15 is 0 Å². The Bertz CT molecular complexity index is 711. The van der Waals surface area contributed by atoms with Gasteiger partial charge >= 0.3 is 0 Å². The summed E-state index contributed by atoms with van der Waals surface area (Å²) in [5.74, 6) is 0.0904. The van der Waals surface area contributed by atoms with Crippen LogP contribution >= 0.6 is 0 Å². The van der Waals surface area contributed by atoms with Crippen LogP contribution in [-0.4, -0.2) is 23.3 Å². The number of hydrogen-bond acceptors (Lipinski definition) is 4. The number of rotatable bonds is 6. The number of carbonyl (C=O) groups excluding carboxylic acids is 2. The molecule has 0 aliphatic heterocycles. The Morgan fingerprint density at radius 3 is 2.33 bits per heavy atom. The summed E-state index contributed by atoms with van der Waals surface area (Å²) < 4.78 is 0. The number of hydrogen-bond donors (Lipinski definition) is 3. The van der Waals surface area contributed by atoms with Crippen LogP contribution in [0.25, 0.3) is 0 Å². The maximum Gasteiger partial charge on any atom is 0.269 e. The van der Waals surface area contributed by atoms with Crippen molar-refractivity contribution in [3.63, 3.8) is 0 Å². The lowest BCUT2D eigenvalue weighted by Crippen LogP contribution is -2.28. The lowest BCUT2D eigenvalue weighted by Gasteiger charge is -2.10. The van der Waals surface area contributed by atoms with Crippen molar-refractivity contribution in [2.24, 2.45) is 5.92 Å². The number of amides is 2. The molecule has 2 rings (SSSR count). The molecular formula is C18H22N4O2. The fourth-order valence-corrected chi connectivity index (χ4v) is 2.03. The summed E-state index contributed by atoms with van der Waals surface area (Å²) in [4.78, 5) is 27.2. The van der Waals surface area contributed by atoms with Gasteiger partial charge in [0.15, 0.2) is 0 Å². The Balaban J connectivity index is 2.03. The zero-order valence-electron chi connectivity index (χ0n) is 14.1. The highest BCUT2D eigenvalue weighted by Gasteiger charge is 2.08. The molecule has 6 nitrogen and oxygen atoms in total. The van der Waals surface area contributed by atoms with Crippen LogP contribution in [-0.2, 0) is 4.79 Å². The van der Waals surface area contributed by atoms with Crippen LogP contribution in [0.1, 0.15) is 31.3 Å². The highest BCUT2D eigenvalue weighted by Crippen LogP contribution is 2.19. The molecule has 1 heterocycles. The van der Waals surface area contributed by atoms with Gasteiger partial charge in [0.25, 0.3) is 5.91 Å². The van der Waals surface area contributed by atoms with E-state index < -0.39 is 0 Å². The van der Waals surface area contributed by atoms with Crippen molar-refractivity contribution in [2.45, 2.75) is 20.8 Å². The molecule has 6 heteroatoms. The molecule has 0 bridgehead atoms. The molecule has 0 spiro atoms. The number of pyridine rings is 1. The summed E-state index contributed by atoms with van der Waals surface area (Å²) >= 11 is 0. The highest BCUT2D eigenvalue weighted by atomic mass is 16.2. The molecule has 0 atom stereocenters. The van der Waals surface area contributed by atoms with Crippen LogP contribution in [0.15, 0.2) is 42.6 Å². The Labute approximate surface area is 141 Å². The van der Waals surface area contributed by atoms with Crippen molar-refractivity contribution in [3.8, 4) is 0 Å². The third kappa shape index (κ3) is 5.39. The molecular weight excluding hydrogens is 304 g/mol. The number of benzene rings is 1. The van der Waals surface area contributed by atoms with Crippen molar-refractivity contribution in [2.75, 3.05) is 17.2 Å². The van der Waals surface area contributed by atoms with Crippen molar-refractivity contribution in [1.29, 1.82) is 0 Å². The maximum absolute atomic E-state index is 12.1. The lowest BCUT2D eigenvalue weighted by molar-refractivity contribution is -0.114. The first kappa shape index (κ1) is 17.5. The normalized spacial score (nSPS) is 10.3. The van der Waals surface area contributed by atoms with Gasteiger partial charge in [-0.25, -0.2) is 0 Å². The van der Waals surface area contributed by atoms with E-state index in [4.69, 9.17) is 0 Å². The van der Waals surface area contributed by atoms with Crippen molar-refractivity contribution in [3.05, 3.63) is 48.3 Å². The molecule has 0 aliphatic carbocycles. The molecule has 1 aromatic heterocycles. The summed E-state index contributed by atoms with van der Waals surface area (Å²) in [7, 11) is 0. The predicted octanol–water partition coefficient (Wildman–Crippen LogP) is 3.17. The van der Waals surface area contributed by atoms with E-state index in [0.29, 0.717) is 18.2 Å². The van der Waals surface area contributed by atoms with E-state index in [1.165, 1.54) is 6.92 Å². The first-order valence-electron chi connectivity index (χ1n) is 7.83. The smallest absolute Gasteiger partial charge is 0.269 e. The molecule has 2 amide bonds. The van der Waals surface area contributed by atoms with E-state index in [9.17, 15) is 9.59 Å². The summed E-state index contributed by atoms with van der Waals surface area (Å²) in [5.41, 5.74) is 2.72. The summed E-state index contributed by atoms with van der Waals surface area (Å²) in [6.45, 7) is 6.16. The number of nitrogens with zero attached hydrogens (tertiary/aromatic N) is 1. The van der Waals surface area contributed by atoms with Gasteiger partial charge in [-0.3, -0.25) is 14.6 Å². The molecule has 3 N–H and O–H groups in total. The third-order valence-corrected chi connectivity index (χ3v) is 3.16. The summed E-state index contributed by atoms with van der Waals surface area (Å²) in [5, 5.41) is 8.77. The second kappa shape index (κ2) is 8.10. The lowest BCUT2D eigenvalue weighted by atomic mass is 10.2. The molecule has 0 saturated heterocycles. The van der Waals surface area contributed by atoms with Crippen LogP contribution < -0.4 is 16.0 Å². The molecule has 0 radical (unpaired) electrons. The molecule has 0 unspecified atom stereocenters. The van der Waals surface area contributed by atoms with E-state index in [2.05, 4.69) is 20.9 Å². The minimum Gasteiger partial charge on any atom is -0.355 e. The minimum atomic E-state index is -0.187. The van der Waals surface area contributed by atoms with E-state index in [0.717, 1.165) is 17.1 Å².